The number of unbranched alkanes of at least 4 members (excludes halogenated alkanes) is 1. The van der Waals surface area contributed by atoms with E-state index in [9.17, 15) is 22.8 Å². The van der Waals surface area contributed by atoms with Crippen molar-refractivity contribution < 1.29 is 27.5 Å². The number of esters is 1. The molecule has 0 saturated carbocycles. The van der Waals surface area contributed by atoms with Crippen molar-refractivity contribution in [1.29, 1.82) is 0 Å². The minimum atomic E-state index is -4.04. The van der Waals surface area contributed by atoms with E-state index < -0.39 is 33.5 Å². The molecule has 3 aromatic rings. The van der Waals surface area contributed by atoms with Crippen LogP contribution in [0.4, 0.5) is 0 Å². The van der Waals surface area contributed by atoms with Gasteiger partial charge in [0, 0.05) is 12.7 Å². The lowest BCUT2D eigenvalue weighted by molar-refractivity contribution is -0.143. The van der Waals surface area contributed by atoms with Crippen LogP contribution in [0.3, 0.4) is 0 Å². The Kier molecular flexibility index (Phi) is 11.4. The van der Waals surface area contributed by atoms with Crippen molar-refractivity contribution in [2.45, 2.75) is 89.8 Å². The molecule has 1 aromatic heterocycles. The zero-order chi connectivity index (χ0) is 35.2. The van der Waals surface area contributed by atoms with Gasteiger partial charge in [0.1, 0.15) is 23.0 Å². The predicted molar refractivity (Wildman–Crippen MR) is 184 cm³/mol. The molecule has 258 valence electrons. The number of benzene rings is 2. The van der Waals surface area contributed by atoms with E-state index >= 15 is 0 Å². The Bertz CT molecular complexity index is 1870. The van der Waals surface area contributed by atoms with Gasteiger partial charge < -0.3 is 25.1 Å². The molecule has 1 aliphatic rings. The van der Waals surface area contributed by atoms with Gasteiger partial charge in [-0.05, 0) is 107 Å². The number of methoxy groups -OCH3 is 1. The third-order valence-corrected chi connectivity index (χ3v) is 10.2. The normalized spacial score (nSPS) is 14.8. The minimum absolute atomic E-state index is 0.0945. The third kappa shape index (κ3) is 8.43. The van der Waals surface area contributed by atoms with E-state index in [-0.39, 0.29) is 35.0 Å². The highest BCUT2D eigenvalue weighted by atomic mass is 32.2. The number of hydrogen-bond acceptors (Lipinski definition) is 8. The second-order valence-electron chi connectivity index (χ2n) is 12.6. The Balaban J connectivity index is 1.36. The van der Waals surface area contributed by atoms with Crippen molar-refractivity contribution >= 4 is 27.9 Å². The highest BCUT2D eigenvalue weighted by Crippen LogP contribution is 2.42. The van der Waals surface area contributed by atoms with Crippen molar-refractivity contribution in [3.8, 4) is 5.75 Å². The summed E-state index contributed by atoms with van der Waals surface area (Å²) in [6.07, 6.45) is 4.13. The second-order valence-corrected chi connectivity index (χ2v) is 14.3. The summed E-state index contributed by atoms with van der Waals surface area (Å²) in [7, 11) is -2.82. The second kappa shape index (κ2) is 15.1. The molecule has 4 N–H and O–H groups in total. The van der Waals surface area contributed by atoms with Crippen LogP contribution >= 0.6 is 0 Å². The van der Waals surface area contributed by atoms with Gasteiger partial charge in [-0.1, -0.05) is 30.3 Å². The molecule has 13 heteroatoms. The fourth-order valence-corrected chi connectivity index (χ4v) is 7.40. The van der Waals surface area contributed by atoms with Crippen molar-refractivity contribution in [3.63, 3.8) is 0 Å². The molecule has 48 heavy (non-hydrogen) atoms. The number of nitrogens with one attached hydrogen (secondary N) is 2. The molecular weight excluding hydrogens is 634 g/mol. The Labute approximate surface area is 281 Å². The molecule has 1 amide bonds. The topological polar surface area (TPSA) is 171 Å². The van der Waals surface area contributed by atoms with Gasteiger partial charge in [0.15, 0.2) is 0 Å². The van der Waals surface area contributed by atoms with Crippen LogP contribution in [0.5, 0.6) is 5.75 Å². The number of ether oxygens (including phenoxy) is 2. The smallest absolute Gasteiger partial charge is 0.328 e. The standard InChI is InChI=1S/C35H45N5O7S/c1-22-23(2)30(24(3)26-17-18-35(4,5)47-29(22)26)48(44,45)39-34(36)37-19-11-10-16-28(33(43)46-6)38-31(41)27-15-12-20-40(32(27)42)21-25-13-8-7-9-14-25/h7-9,12-15,20,28H,10-11,16-19,21H2,1-6H3,(H,38,41)(H3,36,37,39)/t28-/m0/s1. The van der Waals surface area contributed by atoms with Crippen LogP contribution in [0.15, 0.2) is 63.3 Å². The zero-order valence-electron chi connectivity index (χ0n) is 28.4. The first kappa shape index (κ1) is 36.2. The number of pyridine rings is 1. The molecule has 12 nitrogen and oxygen atoms in total. The number of aromatic nitrogens is 1. The van der Waals surface area contributed by atoms with E-state index in [0.29, 0.717) is 36.9 Å². The fourth-order valence-electron chi connectivity index (χ4n) is 5.87. The monoisotopic (exact) mass is 679 g/mol. The van der Waals surface area contributed by atoms with Crippen LogP contribution in [-0.4, -0.2) is 56.1 Å². The van der Waals surface area contributed by atoms with Crippen molar-refractivity contribution in [2.75, 3.05) is 13.7 Å². The third-order valence-electron chi connectivity index (χ3n) is 8.61. The summed E-state index contributed by atoms with van der Waals surface area (Å²) in [5.74, 6) is -0.852. The first-order chi connectivity index (χ1) is 22.6. The van der Waals surface area contributed by atoms with Crippen LogP contribution in [0.1, 0.15) is 77.7 Å². The van der Waals surface area contributed by atoms with Gasteiger partial charge in [-0.2, -0.15) is 0 Å². The molecule has 4 rings (SSSR count). The maximum absolute atomic E-state index is 13.5. The average Bonchev–Trinajstić information content (AvgIpc) is 3.03. The maximum atomic E-state index is 13.5. The van der Waals surface area contributed by atoms with Gasteiger partial charge >= 0.3 is 5.97 Å². The summed E-state index contributed by atoms with van der Waals surface area (Å²) in [5.41, 5.74) is 8.87. The van der Waals surface area contributed by atoms with E-state index in [0.717, 1.165) is 28.9 Å². The summed E-state index contributed by atoms with van der Waals surface area (Å²) in [4.78, 5) is 42.9. The summed E-state index contributed by atoms with van der Waals surface area (Å²) in [6.45, 7) is 9.89. The summed E-state index contributed by atoms with van der Waals surface area (Å²) in [6, 6.07) is 11.4. The summed E-state index contributed by atoms with van der Waals surface area (Å²) >= 11 is 0. The first-order valence-corrected chi connectivity index (χ1v) is 17.4. The molecule has 1 atom stereocenters. The lowest BCUT2D eigenvalue weighted by Gasteiger charge is -2.35. The van der Waals surface area contributed by atoms with Gasteiger partial charge in [-0.25, -0.2) is 17.9 Å². The predicted octanol–water partition coefficient (Wildman–Crippen LogP) is 3.66. The van der Waals surface area contributed by atoms with Crippen LogP contribution in [0.25, 0.3) is 0 Å². The van der Waals surface area contributed by atoms with Crippen LogP contribution < -0.4 is 26.1 Å². The van der Waals surface area contributed by atoms with Crippen molar-refractivity contribution in [1.82, 2.24) is 14.6 Å². The molecule has 1 aliphatic heterocycles. The number of fused-ring (bicyclic) bond motifs is 1. The molecule has 2 heterocycles. The van der Waals surface area contributed by atoms with Gasteiger partial charge in [0.05, 0.1) is 18.6 Å². The van der Waals surface area contributed by atoms with Crippen LogP contribution in [-0.2, 0) is 32.5 Å². The Morgan fingerprint density at radius 1 is 1.06 bits per heavy atom. The highest BCUT2D eigenvalue weighted by molar-refractivity contribution is 7.90. The Hall–Kier alpha value is -4.65. The number of carbonyl (C=O) groups excluding carboxylic acids is 2. The van der Waals surface area contributed by atoms with E-state index in [1.54, 1.807) is 26.1 Å². The quantitative estimate of drug-likeness (QED) is 0.113. The molecule has 0 saturated heterocycles. The molecule has 0 fully saturated rings. The largest absolute Gasteiger partial charge is 0.487 e. The van der Waals surface area contributed by atoms with Crippen LogP contribution in [0.2, 0.25) is 0 Å². The van der Waals surface area contributed by atoms with E-state index in [1.165, 1.54) is 17.7 Å². The minimum Gasteiger partial charge on any atom is -0.487 e. The number of guanidine groups is 1. The van der Waals surface area contributed by atoms with Gasteiger partial charge in [-0.3, -0.25) is 14.6 Å². The molecule has 0 unspecified atom stereocenters. The van der Waals surface area contributed by atoms with Crippen molar-refractivity contribution in [3.05, 3.63) is 92.4 Å². The molecule has 0 aliphatic carbocycles. The number of amides is 1. The molecule has 0 spiro atoms. The first-order valence-electron chi connectivity index (χ1n) is 15.9. The number of nitrogens with zero attached hydrogens (tertiary/aromatic N) is 2. The van der Waals surface area contributed by atoms with Gasteiger partial charge in [-0.15, -0.1) is 0 Å². The number of carbonyl (C=O) groups is 2. The summed E-state index contributed by atoms with van der Waals surface area (Å²) < 4.78 is 41.8. The van der Waals surface area contributed by atoms with Gasteiger partial charge in [0.25, 0.3) is 21.5 Å². The molecule has 0 radical (unpaired) electrons. The number of hydrogen-bond donors (Lipinski definition) is 3. The molecule has 2 aromatic carbocycles. The lowest BCUT2D eigenvalue weighted by Crippen LogP contribution is -2.43. The van der Waals surface area contributed by atoms with E-state index in [1.807, 2.05) is 51.1 Å². The summed E-state index contributed by atoms with van der Waals surface area (Å²) in [5, 5.41) is 2.62. The lowest BCUT2D eigenvalue weighted by atomic mass is 9.88. The Morgan fingerprint density at radius 3 is 2.46 bits per heavy atom. The number of rotatable bonds is 12. The molecule has 0 bridgehead atoms. The van der Waals surface area contributed by atoms with Crippen LogP contribution in [0, 0.1) is 20.8 Å². The van der Waals surface area contributed by atoms with Gasteiger partial charge in [0.2, 0.25) is 5.96 Å². The average molecular weight is 680 g/mol. The maximum Gasteiger partial charge on any atom is 0.328 e. The zero-order valence-corrected chi connectivity index (χ0v) is 29.2. The highest BCUT2D eigenvalue weighted by Gasteiger charge is 2.33. The molecular formula is C35H45N5O7S. The number of nitrogens with two attached hydrogens (primary N) is 1. The SMILES string of the molecule is COC(=O)[C@H](CCCCN=C(N)NS(=O)(=O)c1c(C)c(C)c2c(c1C)CCC(C)(C)O2)NC(=O)c1cccn(Cc2ccccc2)c1=O. The number of sulfonamides is 1. The van der Waals surface area contributed by atoms with E-state index in [2.05, 4.69) is 15.0 Å². The Morgan fingerprint density at radius 2 is 1.77 bits per heavy atom. The van der Waals surface area contributed by atoms with Crippen molar-refractivity contribution in [2.24, 2.45) is 10.7 Å². The fraction of sp³-hybridized carbons (Fsp3) is 0.429. The van der Waals surface area contributed by atoms with E-state index in [4.69, 9.17) is 15.2 Å². The number of aliphatic imine (C=N–C) groups is 1.